The number of carboxylic acid groups (broad SMARTS) is 1. The van der Waals surface area contributed by atoms with Gasteiger partial charge in [0.25, 0.3) is 0 Å². The number of ether oxygens (including phenoxy) is 2. The minimum atomic E-state index is -4.79. The van der Waals surface area contributed by atoms with E-state index < -0.39 is 63.8 Å². The van der Waals surface area contributed by atoms with Crippen LogP contribution in [0.2, 0.25) is 0 Å². The van der Waals surface area contributed by atoms with Crippen LogP contribution in [0, 0.1) is 0 Å². The molecule has 0 saturated heterocycles. The predicted octanol–water partition coefficient (Wildman–Crippen LogP) is 10.4. The van der Waals surface area contributed by atoms with Gasteiger partial charge in [-0.3, -0.25) is 23.4 Å². The lowest BCUT2D eigenvalue weighted by atomic mass is 10.1. The van der Waals surface area contributed by atoms with Gasteiger partial charge in [0.1, 0.15) is 12.6 Å². The smallest absolute Gasteiger partial charge is 0.472 e. The average Bonchev–Trinajstić information content (AvgIpc) is 3.23. The number of aliphatic hydroxyl groups excluding tert-OH is 1. The lowest BCUT2D eigenvalue weighted by Crippen LogP contribution is -2.34. The average molecular weight is 870 g/mol. The molecule has 0 aliphatic rings. The van der Waals surface area contributed by atoms with Crippen molar-refractivity contribution < 1.29 is 52.6 Å². The summed E-state index contributed by atoms with van der Waals surface area (Å²) in [5, 5.41) is 19.1. The molecule has 0 bridgehead atoms. The lowest BCUT2D eigenvalue weighted by molar-refractivity contribution is -0.161. The molecule has 0 spiro atoms. The molecule has 2 unspecified atom stereocenters. The molecular weight excluding hydrogens is 797 g/mol. The number of aliphatic hydroxyl groups is 1. The molecule has 0 aliphatic carbocycles. The summed E-state index contributed by atoms with van der Waals surface area (Å²) in [5.41, 5.74) is 5.31. The van der Waals surface area contributed by atoms with Gasteiger partial charge in [-0.15, -0.1) is 0 Å². The summed E-state index contributed by atoms with van der Waals surface area (Å²) in [4.78, 5) is 45.9. The van der Waals surface area contributed by atoms with Crippen molar-refractivity contribution in [3.8, 4) is 0 Å². The van der Waals surface area contributed by atoms with Crippen LogP contribution in [0.25, 0.3) is 0 Å². The molecule has 0 heterocycles. The number of hydrogen-bond donors (Lipinski definition) is 4. The molecule has 5 N–H and O–H groups in total. The van der Waals surface area contributed by atoms with Crippen LogP contribution in [0.5, 0.6) is 0 Å². The quantitative estimate of drug-likeness (QED) is 0.0200. The number of phosphoric ester groups is 1. The first-order valence-corrected chi connectivity index (χ1v) is 22.8. The van der Waals surface area contributed by atoms with Crippen LogP contribution in [0.4, 0.5) is 0 Å². The Balaban J connectivity index is 4.72. The fraction of sp³-hybridized carbons (Fsp3) is 0.479. The molecule has 13 heteroatoms. The van der Waals surface area contributed by atoms with Gasteiger partial charge < -0.3 is 30.3 Å². The second-order valence-electron chi connectivity index (χ2n) is 13.6. The van der Waals surface area contributed by atoms with Crippen molar-refractivity contribution in [2.24, 2.45) is 5.73 Å². The summed E-state index contributed by atoms with van der Waals surface area (Å²) in [7, 11) is -4.79. The first kappa shape index (κ1) is 56.6. The van der Waals surface area contributed by atoms with E-state index in [1.165, 1.54) is 0 Å². The molecule has 0 radical (unpaired) electrons. The van der Waals surface area contributed by atoms with Crippen LogP contribution < -0.4 is 5.73 Å². The van der Waals surface area contributed by atoms with Crippen LogP contribution in [0.1, 0.15) is 110 Å². The zero-order valence-corrected chi connectivity index (χ0v) is 37.2. The van der Waals surface area contributed by atoms with E-state index in [2.05, 4.69) is 110 Å². The molecule has 12 nitrogen and oxygen atoms in total. The zero-order chi connectivity index (χ0) is 45.1. The number of carbonyl (C=O) groups is 3. The summed E-state index contributed by atoms with van der Waals surface area (Å²) in [6.45, 7) is 2.26. The third-order valence-electron chi connectivity index (χ3n) is 8.01. The summed E-state index contributed by atoms with van der Waals surface area (Å²) >= 11 is 0. The standard InChI is InChI=1S/C48H72NO11P/c1-3-5-7-9-11-13-15-17-18-19-20-21-22-24-26-28-30-32-34-38-47(52)60-44(41-58-61(55,56)59-42-45(49)48(53)54)40-57-46(51)39-35-37-43(50)36-33-31-29-27-25-23-16-14-12-10-8-6-4-2/h5-8,11-14,17-18,20-21,23-26,29-33,36,43-45,50H,3-4,9-10,15-16,19,22,27-28,34-35,37-42,49H2,1-2H3,(H,53,54)(H,55,56)/b7-5-,8-6-,13-11-,14-12-,18-17-,21-20-,25-23-,26-24-,31-29-,32-30-,36-33+/t43?,44-,45+/m1/s1. The third kappa shape index (κ3) is 40.7. The van der Waals surface area contributed by atoms with Crippen molar-refractivity contribution in [1.82, 2.24) is 0 Å². The number of phosphoric acid groups is 1. The van der Waals surface area contributed by atoms with Crippen molar-refractivity contribution in [3.05, 3.63) is 134 Å². The Morgan fingerprint density at radius 3 is 1.51 bits per heavy atom. The van der Waals surface area contributed by atoms with Crippen LogP contribution in [0.15, 0.2) is 134 Å². The number of rotatable bonds is 37. The zero-order valence-electron chi connectivity index (χ0n) is 36.3. The van der Waals surface area contributed by atoms with E-state index in [0.717, 1.165) is 57.8 Å². The maximum absolute atomic E-state index is 12.6. The monoisotopic (exact) mass is 869 g/mol. The maximum Gasteiger partial charge on any atom is 0.472 e. The molecule has 0 rings (SSSR count). The first-order valence-electron chi connectivity index (χ1n) is 21.3. The molecule has 0 aromatic carbocycles. The highest BCUT2D eigenvalue weighted by atomic mass is 31.2. The highest BCUT2D eigenvalue weighted by Crippen LogP contribution is 2.43. The van der Waals surface area contributed by atoms with Gasteiger partial charge in [-0.25, -0.2) is 4.57 Å². The van der Waals surface area contributed by atoms with E-state index in [4.69, 9.17) is 24.8 Å². The van der Waals surface area contributed by atoms with E-state index in [1.54, 1.807) is 12.2 Å². The molecule has 340 valence electrons. The maximum atomic E-state index is 12.6. The van der Waals surface area contributed by atoms with Gasteiger partial charge in [0.05, 0.1) is 19.3 Å². The highest BCUT2D eigenvalue weighted by Gasteiger charge is 2.28. The Labute approximate surface area is 365 Å². The number of esters is 2. The molecule has 0 aromatic rings. The van der Waals surface area contributed by atoms with E-state index in [1.807, 2.05) is 30.4 Å². The molecule has 0 aliphatic heterocycles. The van der Waals surface area contributed by atoms with E-state index >= 15 is 0 Å². The summed E-state index contributed by atoms with van der Waals surface area (Å²) < 4.78 is 32.4. The molecule has 4 atom stereocenters. The minimum Gasteiger partial charge on any atom is -0.480 e. The van der Waals surface area contributed by atoms with Crippen molar-refractivity contribution in [2.45, 2.75) is 128 Å². The topological polar surface area (TPSA) is 192 Å². The molecule has 0 fully saturated rings. The highest BCUT2D eigenvalue weighted by molar-refractivity contribution is 7.47. The largest absolute Gasteiger partial charge is 0.480 e. The van der Waals surface area contributed by atoms with Crippen LogP contribution >= 0.6 is 7.82 Å². The number of carbonyl (C=O) groups excluding carboxylic acids is 2. The summed E-state index contributed by atoms with van der Waals surface area (Å²) in [6, 6.07) is -1.57. The number of aliphatic carboxylic acids is 1. The van der Waals surface area contributed by atoms with E-state index in [9.17, 15) is 28.9 Å². The molecule has 0 aromatic heterocycles. The van der Waals surface area contributed by atoms with Gasteiger partial charge in [0, 0.05) is 12.8 Å². The van der Waals surface area contributed by atoms with Gasteiger partial charge in [-0.05, 0) is 83.5 Å². The van der Waals surface area contributed by atoms with E-state index in [0.29, 0.717) is 25.7 Å². The number of hydrogen-bond acceptors (Lipinski definition) is 10. The SMILES string of the molecule is CC/C=C\C/C=C\C/C=C\C/C=C\C=C\C(O)CCCC(=O)OC[C@H](COP(=O)(O)OC[C@H](N)C(=O)O)OC(=O)CC/C=C\C/C=C\C/C=C\C/C=C\C/C=C\C/C=C\CC. The van der Waals surface area contributed by atoms with Crippen molar-refractivity contribution in [1.29, 1.82) is 0 Å². The molecule has 61 heavy (non-hydrogen) atoms. The predicted molar refractivity (Wildman–Crippen MR) is 245 cm³/mol. The fourth-order valence-corrected chi connectivity index (χ4v) is 5.48. The van der Waals surface area contributed by atoms with Crippen molar-refractivity contribution >= 4 is 25.7 Å². The Hall–Kier alpha value is -4.42. The van der Waals surface area contributed by atoms with Crippen LogP contribution in [0.3, 0.4) is 0 Å². The van der Waals surface area contributed by atoms with Gasteiger partial charge in [-0.2, -0.15) is 0 Å². The van der Waals surface area contributed by atoms with E-state index in [-0.39, 0.29) is 12.8 Å². The van der Waals surface area contributed by atoms with Gasteiger partial charge in [0.15, 0.2) is 6.10 Å². The van der Waals surface area contributed by atoms with Crippen molar-refractivity contribution in [3.63, 3.8) is 0 Å². The normalized spacial score (nSPS) is 15.5. The molecule has 0 amide bonds. The Kier molecular flexibility index (Phi) is 38.0. The van der Waals surface area contributed by atoms with Gasteiger partial charge in [0.2, 0.25) is 0 Å². The van der Waals surface area contributed by atoms with Gasteiger partial charge in [-0.1, -0.05) is 148 Å². The Bertz CT molecular complexity index is 1550. The van der Waals surface area contributed by atoms with Crippen LogP contribution in [-0.4, -0.2) is 71.1 Å². The second-order valence-corrected chi connectivity index (χ2v) is 15.0. The fourth-order valence-electron chi connectivity index (χ4n) is 4.70. The molecule has 0 saturated carbocycles. The Morgan fingerprint density at radius 2 is 1.03 bits per heavy atom. The van der Waals surface area contributed by atoms with Gasteiger partial charge >= 0.3 is 25.7 Å². The summed E-state index contributed by atoms with van der Waals surface area (Å²) in [6.07, 6.45) is 52.8. The van der Waals surface area contributed by atoms with Crippen molar-refractivity contribution in [2.75, 3.05) is 19.8 Å². The Morgan fingerprint density at radius 1 is 0.590 bits per heavy atom. The first-order chi connectivity index (χ1) is 29.5. The second kappa shape index (κ2) is 41.0. The minimum absolute atomic E-state index is 0.0142. The number of carboxylic acids is 1. The van der Waals surface area contributed by atoms with Crippen LogP contribution in [-0.2, 0) is 37.5 Å². The molecular formula is C48H72NO11P. The number of nitrogens with two attached hydrogens (primary N) is 1. The third-order valence-corrected chi connectivity index (χ3v) is 8.96. The lowest BCUT2D eigenvalue weighted by Gasteiger charge is -2.20. The number of allylic oxidation sites excluding steroid dienone is 21. The summed E-state index contributed by atoms with van der Waals surface area (Å²) in [5.74, 6) is -2.74.